The van der Waals surface area contributed by atoms with Gasteiger partial charge in [0.15, 0.2) is 0 Å². The van der Waals surface area contributed by atoms with E-state index in [9.17, 15) is 4.79 Å². The fraction of sp³-hybridized carbons (Fsp3) is 0.222. The zero-order chi connectivity index (χ0) is 10.4. The Morgan fingerprint density at radius 3 is 3.20 bits per heavy atom. The molecule has 0 unspecified atom stereocenters. The summed E-state index contributed by atoms with van der Waals surface area (Å²) in [4.78, 5) is 17.8. The standard InChI is InChI=1S/C9H7N3OS2/c1-2-6-11-12-8(13)5-3-4-14-7(5)10-9(12)15-6/h3-4H,2H2,1H3. The van der Waals surface area contributed by atoms with Crippen molar-refractivity contribution in [1.29, 1.82) is 0 Å². The molecule has 0 amide bonds. The predicted octanol–water partition coefficient (Wildman–Crippen LogP) is 1.93. The largest absolute Gasteiger partial charge is 0.283 e. The van der Waals surface area contributed by atoms with Crippen molar-refractivity contribution >= 4 is 37.9 Å². The molecule has 0 aliphatic carbocycles. The second kappa shape index (κ2) is 3.11. The minimum absolute atomic E-state index is 0.0628. The molecule has 0 saturated heterocycles. The molecule has 0 spiro atoms. The summed E-state index contributed by atoms with van der Waals surface area (Å²) in [5, 5.41) is 7.70. The first-order chi connectivity index (χ1) is 7.29. The summed E-state index contributed by atoms with van der Waals surface area (Å²) in [7, 11) is 0. The number of aryl methyl sites for hydroxylation is 1. The van der Waals surface area contributed by atoms with Gasteiger partial charge in [-0.3, -0.25) is 4.79 Å². The lowest BCUT2D eigenvalue weighted by molar-refractivity contribution is 0.871. The third-order valence-electron chi connectivity index (χ3n) is 2.17. The molecular weight excluding hydrogens is 230 g/mol. The molecule has 0 radical (unpaired) electrons. The van der Waals surface area contributed by atoms with Gasteiger partial charge in [0.05, 0.1) is 5.39 Å². The molecule has 3 aromatic heterocycles. The molecule has 0 aromatic carbocycles. The summed E-state index contributed by atoms with van der Waals surface area (Å²) in [6.45, 7) is 2.02. The molecule has 3 rings (SSSR count). The van der Waals surface area contributed by atoms with Gasteiger partial charge in [0.25, 0.3) is 5.56 Å². The van der Waals surface area contributed by atoms with E-state index in [1.165, 1.54) is 27.2 Å². The lowest BCUT2D eigenvalue weighted by Gasteiger charge is -1.89. The Morgan fingerprint density at radius 1 is 1.53 bits per heavy atom. The quantitative estimate of drug-likeness (QED) is 0.649. The summed E-state index contributed by atoms with van der Waals surface area (Å²) in [6, 6.07) is 1.80. The van der Waals surface area contributed by atoms with Crippen molar-refractivity contribution in [2.45, 2.75) is 13.3 Å². The zero-order valence-corrected chi connectivity index (χ0v) is 9.56. The highest BCUT2D eigenvalue weighted by molar-refractivity contribution is 7.18. The van der Waals surface area contributed by atoms with E-state index in [0.717, 1.165) is 16.3 Å². The van der Waals surface area contributed by atoms with Gasteiger partial charge in [-0.15, -0.1) is 11.3 Å². The summed E-state index contributed by atoms with van der Waals surface area (Å²) in [5.74, 6) is 0. The SMILES string of the molecule is CCc1nn2c(=O)c3ccsc3nc2s1. The van der Waals surface area contributed by atoms with Crippen LogP contribution in [0, 0.1) is 0 Å². The number of thiophene rings is 1. The third kappa shape index (κ3) is 1.22. The van der Waals surface area contributed by atoms with E-state index in [-0.39, 0.29) is 5.56 Å². The van der Waals surface area contributed by atoms with Crippen molar-refractivity contribution in [2.24, 2.45) is 0 Å². The van der Waals surface area contributed by atoms with Crippen LogP contribution in [0.5, 0.6) is 0 Å². The molecule has 6 heteroatoms. The molecule has 0 aliphatic rings. The van der Waals surface area contributed by atoms with Crippen molar-refractivity contribution in [2.75, 3.05) is 0 Å². The minimum Gasteiger partial charge on any atom is -0.267 e. The molecular formula is C9H7N3OS2. The highest BCUT2D eigenvalue weighted by atomic mass is 32.1. The lowest BCUT2D eigenvalue weighted by Crippen LogP contribution is -2.14. The fourth-order valence-corrected chi connectivity index (χ4v) is 3.06. The normalized spacial score (nSPS) is 11.5. The van der Waals surface area contributed by atoms with Crippen LogP contribution in [-0.2, 0) is 6.42 Å². The van der Waals surface area contributed by atoms with E-state index >= 15 is 0 Å². The van der Waals surface area contributed by atoms with Crippen LogP contribution in [0.15, 0.2) is 16.2 Å². The van der Waals surface area contributed by atoms with Crippen molar-refractivity contribution in [1.82, 2.24) is 14.6 Å². The van der Waals surface area contributed by atoms with E-state index in [0.29, 0.717) is 10.3 Å². The maximum absolute atomic E-state index is 12.0. The zero-order valence-electron chi connectivity index (χ0n) is 7.93. The molecule has 0 bridgehead atoms. The highest BCUT2D eigenvalue weighted by Gasteiger charge is 2.10. The fourth-order valence-electron chi connectivity index (χ4n) is 1.42. The highest BCUT2D eigenvalue weighted by Crippen LogP contribution is 2.18. The average molecular weight is 237 g/mol. The van der Waals surface area contributed by atoms with E-state index in [2.05, 4.69) is 10.1 Å². The lowest BCUT2D eigenvalue weighted by atomic mass is 10.4. The monoisotopic (exact) mass is 237 g/mol. The van der Waals surface area contributed by atoms with Crippen molar-refractivity contribution in [3.8, 4) is 0 Å². The van der Waals surface area contributed by atoms with Gasteiger partial charge < -0.3 is 0 Å². The van der Waals surface area contributed by atoms with Crippen molar-refractivity contribution < 1.29 is 0 Å². The molecule has 0 fully saturated rings. The first-order valence-corrected chi connectivity index (χ1v) is 6.25. The van der Waals surface area contributed by atoms with Crippen LogP contribution in [0.2, 0.25) is 0 Å². The summed E-state index contributed by atoms with van der Waals surface area (Å²) >= 11 is 2.96. The second-order valence-corrected chi connectivity index (χ2v) is 5.04. The van der Waals surface area contributed by atoms with Crippen LogP contribution in [-0.4, -0.2) is 14.6 Å². The first kappa shape index (κ1) is 8.99. The van der Waals surface area contributed by atoms with Crippen LogP contribution in [0.1, 0.15) is 11.9 Å². The van der Waals surface area contributed by atoms with Gasteiger partial charge in [0.2, 0.25) is 4.96 Å². The van der Waals surface area contributed by atoms with Gasteiger partial charge in [-0.2, -0.15) is 9.61 Å². The molecule has 0 atom stereocenters. The predicted molar refractivity (Wildman–Crippen MR) is 61.9 cm³/mol. The van der Waals surface area contributed by atoms with Crippen LogP contribution in [0.25, 0.3) is 15.2 Å². The van der Waals surface area contributed by atoms with Gasteiger partial charge in [-0.25, -0.2) is 4.98 Å². The van der Waals surface area contributed by atoms with Gasteiger partial charge in [0.1, 0.15) is 9.84 Å². The molecule has 4 nitrogen and oxygen atoms in total. The number of hydrogen-bond acceptors (Lipinski definition) is 5. The summed E-state index contributed by atoms with van der Waals surface area (Å²) in [5.41, 5.74) is -0.0628. The Labute approximate surface area is 92.8 Å². The molecule has 0 saturated carbocycles. The number of hydrogen-bond donors (Lipinski definition) is 0. The van der Waals surface area contributed by atoms with Gasteiger partial charge in [0, 0.05) is 0 Å². The molecule has 3 aromatic rings. The van der Waals surface area contributed by atoms with Crippen molar-refractivity contribution in [3.05, 3.63) is 26.8 Å². The molecule has 76 valence electrons. The summed E-state index contributed by atoms with van der Waals surface area (Å²) < 4.78 is 1.40. The maximum atomic E-state index is 12.0. The number of aromatic nitrogens is 3. The second-order valence-electron chi connectivity index (χ2n) is 3.10. The van der Waals surface area contributed by atoms with E-state index in [1.54, 1.807) is 6.07 Å². The average Bonchev–Trinajstić information content (AvgIpc) is 2.83. The van der Waals surface area contributed by atoms with Crippen LogP contribution >= 0.6 is 22.7 Å². The third-order valence-corrected chi connectivity index (χ3v) is 4.03. The number of nitrogens with zero attached hydrogens (tertiary/aromatic N) is 3. The van der Waals surface area contributed by atoms with Crippen LogP contribution in [0.3, 0.4) is 0 Å². The summed E-state index contributed by atoms with van der Waals surface area (Å²) in [6.07, 6.45) is 0.834. The molecule has 0 N–H and O–H groups in total. The van der Waals surface area contributed by atoms with E-state index in [1.807, 2.05) is 12.3 Å². The Kier molecular flexibility index (Phi) is 1.86. The van der Waals surface area contributed by atoms with Gasteiger partial charge in [-0.05, 0) is 17.9 Å². The molecule has 0 aliphatic heterocycles. The Balaban J connectivity index is 2.54. The van der Waals surface area contributed by atoms with Crippen LogP contribution < -0.4 is 5.56 Å². The van der Waals surface area contributed by atoms with Gasteiger partial charge in [-0.1, -0.05) is 18.3 Å². The Hall–Kier alpha value is -1.27. The Bertz CT molecular complexity index is 694. The first-order valence-electron chi connectivity index (χ1n) is 4.55. The van der Waals surface area contributed by atoms with Crippen LogP contribution in [0.4, 0.5) is 0 Å². The minimum atomic E-state index is -0.0628. The van der Waals surface area contributed by atoms with Gasteiger partial charge >= 0.3 is 0 Å². The van der Waals surface area contributed by atoms with E-state index < -0.39 is 0 Å². The Morgan fingerprint density at radius 2 is 2.40 bits per heavy atom. The molecule has 3 heterocycles. The smallest absolute Gasteiger partial charge is 0.267 e. The molecule has 15 heavy (non-hydrogen) atoms. The number of fused-ring (bicyclic) bond motifs is 2. The number of rotatable bonds is 1. The van der Waals surface area contributed by atoms with Crippen molar-refractivity contribution in [3.63, 3.8) is 0 Å². The van der Waals surface area contributed by atoms with E-state index in [4.69, 9.17) is 0 Å². The topological polar surface area (TPSA) is 47.3 Å². The maximum Gasteiger partial charge on any atom is 0.283 e.